The number of nitrogens with zero attached hydrogens (tertiary/aromatic N) is 3. The summed E-state index contributed by atoms with van der Waals surface area (Å²) in [5.41, 5.74) is 9.65. The van der Waals surface area contributed by atoms with Crippen LogP contribution in [-0.4, -0.2) is 46.0 Å². The van der Waals surface area contributed by atoms with E-state index in [1.54, 1.807) is 12.4 Å². The molecule has 1 fully saturated rings. The zero-order valence-electron chi connectivity index (χ0n) is 19.9. The fourth-order valence-electron chi connectivity index (χ4n) is 4.93. The van der Waals surface area contributed by atoms with Crippen LogP contribution in [0.2, 0.25) is 0 Å². The van der Waals surface area contributed by atoms with Gasteiger partial charge in [0, 0.05) is 48.8 Å². The van der Waals surface area contributed by atoms with Gasteiger partial charge in [0.05, 0.1) is 5.69 Å². The smallest absolute Gasteiger partial charge is 0.237 e. The van der Waals surface area contributed by atoms with Crippen molar-refractivity contribution in [1.82, 2.24) is 20.3 Å². The Hall–Kier alpha value is -3.95. The summed E-state index contributed by atoms with van der Waals surface area (Å²) in [5.74, 6) is 1.07. The number of anilines is 3. The second kappa shape index (κ2) is 9.36. The highest BCUT2D eigenvalue weighted by Gasteiger charge is 2.28. The summed E-state index contributed by atoms with van der Waals surface area (Å²) in [4.78, 5) is 37.8. The molecule has 182 valence electrons. The van der Waals surface area contributed by atoms with Gasteiger partial charge in [0.25, 0.3) is 0 Å². The topological polar surface area (TPSA) is 144 Å². The third kappa shape index (κ3) is 4.68. The minimum atomic E-state index is -0.171. The first-order valence-corrected chi connectivity index (χ1v) is 11.9. The molecule has 0 unspecified atom stereocenters. The molecule has 5 N–H and O–H groups in total. The lowest BCUT2D eigenvalue weighted by molar-refractivity contribution is -0.123. The molecule has 2 atom stereocenters. The van der Waals surface area contributed by atoms with Gasteiger partial charge in [-0.2, -0.15) is 0 Å². The fourth-order valence-corrected chi connectivity index (χ4v) is 4.93. The van der Waals surface area contributed by atoms with Gasteiger partial charge in [0.1, 0.15) is 23.9 Å². The van der Waals surface area contributed by atoms with Gasteiger partial charge in [-0.15, -0.1) is 0 Å². The van der Waals surface area contributed by atoms with Gasteiger partial charge in [0.2, 0.25) is 17.7 Å². The van der Waals surface area contributed by atoms with E-state index in [9.17, 15) is 9.59 Å². The predicted molar refractivity (Wildman–Crippen MR) is 134 cm³/mol. The standard InChI is InChI=1S/C25H29N7O3/c1-13-18(11-29-25-22(13)27-6-7-35-25)20-9-16-10-21(28-12-19(16)23(26)31-20)32-24(34)15-4-3-5-17(8-15)30-14(2)33/h9-12,15,17,27H,3-8H2,1-2H3,(H2,26,31)(H,30,33)(H,28,32,34)/t15-,17+/m0/s1. The SMILES string of the molecule is CC(=O)N[C@@H]1CCC[C@H](C(=O)Nc2cc3cc(-c4cnc5c(c4C)NCCO5)nc(N)c3cn2)C1. The fraction of sp³-hybridized carbons (Fsp3) is 0.400. The number of pyridine rings is 3. The number of nitrogen functional groups attached to an aromatic ring is 1. The highest BCUT2D eigenvalue weighted by atomic mass is 16.5. The van der Waals surface area contributed by atoms with Crippen molar-refractivity contribution in [2.75, 3.05) is 29.5 Å². The van der Waals surface area contributed by atoms with Crippen LogP contribution in [0.4, 0.5) is 17.3 Å². The number of aromatic nitrogens is 3. The molecular weight excluding hydrogens is 446 g/mol. The van der Waals surface area contributed by atoms with Gasteiger partial charge < -0.3 is 26.4 Å². The Morgan fingerprint density at radius 1 is 1.20 bits per heavy atom. The minimum absolute atomic E-state index is 0.0309. The van der Waals surface area contributed by atoms with Gasteiger partial charge in [-0.25, -0.2) is 15.0 Å². The van der Waals surface area contributed by atoms with Crippen molar-refractivity contribution in [2.45, 2.75) is 45.6 Å². The molecule has 0 aromatic carbocycles. The predicted octanol–water partition coefficient (Wildman–Crippen LogP) is 3.02. The van der Waals surface area contributed by atoms with Gasteiger partial charge in [-0.05, 0) is 49.3 Å². The molecular formula is C25H29N7O3. The molecule has 2 amide bonds. The molecule has 0 spiro atoms. The van der Waals surface area contributed by atoms with Crippen LogP contribution in [0.3, 0.4) is 0 Å². The summed E-state index contributed by atoms with van der Waals surface area (Å²) < 4.78 is 5.63. The molecule has 5 rings (SSSR count). The van der Waals surface area contributed by atoms with E-state index in [4.69, 9.17) is 10.5 Å². The minimum Gasteiger partial charge on any atom is -0.474 e. The Balaban J connectivity index is 1.40. The summed E-state index contributed by atoms with van der Waals surface area (Å²) in [6, 6.07) is 3.77. The molecule has 0 saturated heterocycles. The van der Waals surface area contributed by atoms with Crippen LogP contribution in [-0.2, 0) is 9.59 Å². The largest absolute Gasteiger partial charge is 0.474 e. The summed E-state index contributed by atoms with van der Waals surface area (Å²) in [6.45, 7) is 4.80. The van der Waals surface area contributed by atoms with Gasteiger partial charge in [0.15, 0.2) is 0 Å². The summed E-state index contributed by atoms with van der Waals surface area (Å²) in [7, 11) is 0. The van der Waals surface area contributed by atoms with Crippen LogP contribution in [0.15, 0.2) is 24.5 Å². The van der Waals surface area contributed by atoms with Crippen molar-refractivity contribution in [1.29, 1.82) is 0 Å². The van der Waals surface area contributed by atoms with Crippen molar-refractivity contribution in [2.24, 2.45) is 5.92 Å². The second-order valence-corrected chi connectivity index (χ2v) is 9.19. The van der Waals surface area contributed by atoms with Crippen LogP contribution in [0.5, 0.6) is 5.88 Å². The molecule has 10 heteroatoms. The highest BCUT2D eigenvalue weighted by molar-refractivity contribution is 5.98. The Morgan fingerprint density at radius 2 is 2.06 bits per heavy atom. The van der Waals surface area contributed by atoms with E-state index in [2.05, 4.69) is 30.9 Å². The van der Waals surface area contributed by atoms with Crippen molar-refractivity contribution in [3.8, 4) is 17.1 Å². The first kappa shape index (κ1) is 22.8. The third-order valence-corrected chi connectivity index (χ3v) is 6.67. The average Bonchev–Trinajstić information content (AvgIpc) is 2.84. The van der Waals surface area contributed by atoms with Gasteiger partial charge in [-0.3, -0.25) is 9.59 Å². The quantitative estimate of drug-likeness (QED) is 0.451. The monoisotopic (exact) mass is 475 g/mol. The Labute approximate surface area is 203 Å². The van der Waals surface area contributed by atoms with Crippen LogP contribution >= 0.6 is 0 Å². The molecule has 3 aromatic heterocycles. The van der Waals surface area contributed by atoms with Gasteiger partial charge in [-0.1, -0.05) is 6.42 Å². The van der Waals surface area contributed by atoms with E-state index in [0.717, 1.165) is 41.5 Å². The number of rotatable bonds is 4. The Kier molecular flexibility index (Phi) is 6.10. The number of fused-ring (bicyclic) bond motifs is 2. The lowest BCUT2D eigenvalue weighted by Crippen LogP contribution is -2.40. The van der Waals surface area contributed by atoms with E-state index in [1.165, 1.54) is 6.92 Å². The Morgan fingerprint density at radius 3 is 2.89 bits per heavy atom. The van der Waals surface area contributed by atoms with Crippen molar-refractivity contribution >= 4 is 39.9 Å². The number of hydrogen-bond acceptors (Lipinski definition) is 8. The molecule has 0 radical (unpaired) electrons. The third-order valence-electron chi connectivity index (χ3n) is 6.67. The molecule has 1 aliphatic heterocycles. The maximum Gasteiger partial charge on any atom is 0.237 e. The normalized spacial score (nSPS) is 19.3. The van der Waals surface area contributed by atoms with Crippen molar-refractivity contribution in [3.05, 3.63) is 30.1 Å². The summed E-state index contributed by atoms with van der Waals surface area (Å²) in [5, 5.41) is 10.7. The van der Waals surface area contributed by atoms with E-state index in [-0.39, 0.29) is 23.8 Å². The van der Waals surface area contributed by atoms with E-state index in [0.29, 0.717) is 48.2 Å². The molecule has 3 aromatic rings. The Bertz CT molecular complexity index is 1310. The average molecular weight is 476 g/mol. The van der Waals surface area contributed by atoms with E-state index in [1.807, 2.05) is 19.1 Å². The molecule has 0 bridgehead atoms. The van der Waals surface area contributed by atoms with Crippen LogP contribution < -0.4 is 26.4 Å². The zero-order valence-corrected chi connectivity index (χ0v) is 19.9. The zero-order chi connectivity index (χ0) is 24.5. The second-order valence-electron chi connectivity index (χ2n) is 9.19. The molecule has 1 saturated carbocycles. The molecule has 1 aliphatic carbocycles. The number of carbonyl (C=O) groups is 2. The van der Waals surface area contributed by atoms with E-state index >= 15 is 0 Å². The van der Waals surface area contributed by atoms with Crippen molar-refractivity contribution < 1.29 is 14.3 Å². The number of ether oxygens (including phenoxy) is 1. The molecule has 35 heavy (non-hydrogen) atoms. The molecule has 2 aliphatic rings. The molecule has 4 heterocycles. The number of nitrogens with two attached hydrogens (primary N) is 1. The highest BCUT2D eigenvalue weighted by Crippen LogP contribution is 2.36. The van der Waals surface area contributed by atoms with Crippen LogP contribution in [0.1, 0.15) is 38.2 Å². The lowest BCUT2D eigenvalue weighted by atomic mass is 9.85. The first-order chi connectivity index (χ1) is 16.9. The number of hydrogen-bond donors (Lipinski definition) is 4. The lowest BCUT2D eigenvalue weighted by Gasteiger charge is -2.28. The number of nitrogens with one attached hydrogen (secondary N) is 3. The maximum absolute atomic E-state index is 12.9. The maximum atomic E-state index is 12.9. The van der Waals surface area contributed by atoms with Crippen LogP contribution in [0.25, 0.3) is 22.0 Å². The van der Waals surface area contributed by atoms with Crippen molar-refractivity contribution in [3.63, 3.8) is 0 Å². The number of amides is 2. The number of carbonyl (C=O) groups excluding carboxylic acids is 2. The first-order valence-electron chi connectivity index (χ1n) is 11.9. The van der Waals surface area contributed by atoms with Gasteiger partial charge >= 0.3 is 0 Å². The van der Waals surface area contributed by atoms with Crippen LogP contribution in [0, 0.1) is 12.8 Å². The summed E-state index contributed by atoms with van der Waals surface area (Å²) in [6.07, 6.45) is 6.58. The van der Waals surface area contributed by atoms with E-state index < -0.39 is 0 Å². The molecule has 10 nitrogen and oxygen atoms in total. The summed E-state index contributed by atoms with van der Waals surface area (Å²) >= 11 is 0.